The highest BCUT2D eigenvalue weighted by atomic mass is 16.2. The van der Waals surface area contributed by atoms with Crippen LogP contribution in [0.2, 0.25) is 0 Å². The number of carbonyl (C=O) groups excluding carboxylic acids is 1. The number of nitrogens with one attached hydrogen (secondary N) is 1. The van der Waals surface area contributed by atoms with Gasteiger partial charge in [0, 0.05) is 22.7 Å². The van der Waals surface area contributed by atoms with Gasteiger partial charge < -0.3 is 9.88 Å². The third kappa shape index (κ3) is 3.69. The first-order valence-corrected chi connectivity index (χ1v) is 8.85. The van der Waals surface area contributed by atoms with Crippen molar-refractivity contribution < 1.29 is 4.79 Å². The molecule has 3 aromatic rings. The van der Waals surface area contributed by atoms with Crippen molar-refractivity contribution in [2.24, 2.45) is 0 Å². The molecule has 1 amide bonds. The zero-order valence-electron chi connectivity index (χ0n) is 15.7. The van der Waals surface area contributed by atoms with Crippen molar-refractivity contribution in [3.8, 4) is 0 Å². The average molecular weight is 348 g/mol. The summed E-state index contributed by atoms with van der Waals surface area (Å²) in [7, 11) is 0. The molecular weight excluding hydrogens is 324 g/mol. The van der Waals surface area contributed by atoms with Gasteiger partial charge in [-0.2, -0.15) is 0 Å². The van der Waals surface area contributed by atoms with Gasteiger partial charge in [0.25, 0.3) is 11.5 Å². The number of rotatable bonds is 4. The molecule has 1 N–H and O–H groups in total. The van der Waals surface area contributed by atoms with E-state index in [0.29, 0.717) is 11.1 Å². The van der Waals surface area contributed by atoms with E-state index in [1.54, 1.807) is 4.90 Å². The molecule has 4 heteroatoms. The lowest BCUT2D eigenvalue weighted by molar-refractivity contribution is 0.0689. The molecule has 134 valence electrons. The monoisotopic (exact) mass is 348 g/mol. The Kier molecular flexibility index (Phi) is 4.94. The molecule has 1 aromatic heterocycles. The fraction of sp³-hybridized carbons (Fsp3) is 0.273. The van der Waals surface area contributed by atoms with E-state index in [-0.39, 0.29) is 24.1 Å². The van der Waals surface area contributed by atoms with E-state index in [2.05, 4.69) is 4.98 Å². The zero-order chi connectivity index (χ0) is 18.8. The van der Waals surface area contributed by atoms with Gasteiger partial charge in [-0.05, 0) is 63.4 Å². The molecule has 0 saturated heterocycles. The first kappa shape index (κ1) is 17.9. The van der Waals surface area contributed by atoms with Gasteiger partial charge in [0.1, 0.15) is 0 Å². The molecule has 3 rings (SSSR count). The molecule has 0 aliphatic rings. The number of aryl methyl sites for hydroxylation is 2. The van der Waals surface area contributed by atoms with Crippen LogP contribution in [0.3, 0.4) is 0 Å². The molecular formula is C22H24N2O2. The minimum absolute atomic E-state index is 0.0179. The summed E-state index contributed by atoms with van der Waals surface area (Å²) in [5.74, 6) is -0.0626. The summed E-state index contributed by atoms with van der Waals surface area (Å²) in [4.78, 5) is 30.1. The van der Waals surface area contributed by atoms with Crippen LogP contribution in [0.4, 0.5) is 0 Å². The van der Waals surface area contributed by atoms with Crippen molar-refractivity contribution in [2.75, 3.05) is 0 Å². The van der Waals surface area contributed by atoms with E-state index in [4.69, 9.17) is 0 Å². The van der Waals surface area contributed by atoms with Gasteiger partial charge in [-0.3, -0.25) is 9.59 Å². The lowest BCUT2D eigenvalue weighted by atomic mass is 10.1. The molecule has 0 unspecified atom stereocenters. The van der Waals surface area contributed by atoms with Gasteiger partial charge in [-0.15, -0.1) is 0 Å². The second kappa shape index (κ2) is 7.16. The molecule has 4 nitrogen and oxygen atoms in total. The summed E-state index contributed by atoms with van der Waals surface area (Å²) >= 11 is 0. The number of benzene rings is 2. The number of pyridine rings is 1. The van der Waals surface area contributed by atoms with Crippen LogP contribution < -0.4 is 5.56 Å². The number of aromatic nitrogens is 1. The van der Waals surface area contributed by atoms with Crippen LogP contribution in [-0.2, 0) is 6.54 Å². The number of H-pyrrole nitrogens is 1. The number of carbonyl (C=O) groups is 1. The van der Waals surface area contributed by atoms with Gasteiger partial charge in [-0.1, -0.05) is 29.3 Å². The van der Waals surface area contributed by atoms with E-state index in [1.807, 2.05) is 76.2 Å². The molecule has 0 aliphatic carbocycles. The van der Waals surface area contributed by atoms with Crippen molar-refractivity contribution >= 4 is 16.8 Å². The van der Waals surface area contributed by atoms with Crippen LogP contribution in [0.5, 0.6) is 0 Å². The summed E-state index contributed by atoms with van der Waals surface area (Å²) in [5, 5.41) is 0.978. The topological polar surface area (TPSA) is 53.2 Å². The summed E-state index contributed by atoms with van der Waals surface area (Å²) in [5.41, 5.74) is 4.07. The highest BCUT2D eigenvalue weighted by molar-refractivity contribution is 5.94. The molecule has 0 bridgehead atoms. The number of hydrogen-bond acceptors (Lipinski definition) is 2. The molecule has 0 radical (unpaired) electrons. The van der Waals surface area contributed by atoms with Gasteiger partial charge in [0.15, 0.2) is 0 Å². The molecule has 1 heterocycles. The van der Waals surface area contributed by atoms with E-state index in [1.165, 1.54) is 0 Å². The van der Waals surface area contributed by atoms with Crippen LogP contribution in [0.25, 0.3) is 10.9 Å². The Morgan fingerprint density at radius 3 is 2.46 bits per heavy atom. The Bertz CT molecular complexity index is 1020. The van der Waals surface area contributed by atoms with Crippen molar-refractivity contribution in [3.63, 3.8) is 0 Å². The SMILES string of the molecule is Cc1cccc(C(=O)N(Cc2cc3cc(C)ccc3[nH]c2=O)C(C)C)c1. The summed E-state index contributed by atoms with van der Waals surface area (Å²) < 4.78 is 0. The number of aromatic amines is 1. The Hall–Kier alpha value is -2.88. The Morgan fingerprint density at radius 1 is 1.04 bits per heavy atom. The van der Waals surface area contributed by atoms with Crippen LogP contribution in [0.1, 0.15) is 40.9 Å². The molecule has 0 fully saturated rings. The highest BCUT2D eigenvalue weighted by Crippen LogP contribution is 2.17. The molecule has 0 spiro atoms. The lowest BCUT2D eigenvalue weighted by Gasteiger charge is -2.27. The fourth-order valence-electron chi connectivity index (χ4n) is 3.11. The quantitative estimate of drug-likeness (QED) is 0.768. The summed E-state index contributed by atoms with van der Waals surface area (Å²) in [6.07, 6.45) is 0. The Labute approximate surface area is 153 Å². The van der Waals surface area contributed by atoms with E-state index in [9.17, 15) is 9.59 Å². The number of hydrogen-bond donors (Lipinski definition) is 1. The molecule has 0 atom stereocenters. The lowest BCUT2D eigenvalue weighted by Crippen LogP contribution is -2.38. The minimum Gasteiger partial charge on any atom is -0.332 e. The second-order valence-corrected chi connectivity index (χ2v) is 7.11. The maximum Gasteiger partial charge on any atom is 0.254 e. The van der Waals surface area contributed by atoms with Crippen LogP contribution in [0, 0.1) is 13.8 Å². The van der Waals surface area contributed by atoms with Crippen molar-refractivity contribution in [1.29, 1.82) is 0 Å². The third-order valence-electron chi connectivity index (χ3n) is 4.57. The highest BCUT2D eigenvalue weighted by Gasteiger charge is 2.20. The van der Waals surface area contributed by atoms with Gasteiger partial charge >= 0.3 is 0 Å². The minimum atomic E-state index is -0.149. The van der Waals surface area contributed by atoms with Crippen molar-refractivity contribution in [2.45, 2.75) is 40.3 Å². The van der Waals surface area contributed by atoms with E-state index in [0.717, 1.165) is 22.0 Å². The first-order chi connectivity index (χ1) is 12.3. The standard InChI is InChI=1S/C22H24N2O2/c1-14(2)24(22(26)17-7-5-6-15(3)10-17)13-19-12-18-11-16(4)8-9-20(18)23-21(19)25/h5-12,14H,13H2,1-4H3,(H,23,25). The largest absolute Gasteiger partial charge is 0.332 e. The maximum absolute atomic E-state index is 13.0. The smallest absolute Gasteiger partial charge is 0.254 e. The predicted molar refractivity (Wildman–Crippen MR) is 105 cm³/mol. The summed E-state index contributed by atoms with van der Waals surface area (Å²) in [6, 6.07) is 15.3. The van der Waals surface area contributed by atoms with E-state index >= 15 is 0 Å². The maximum atomic E-state index is 13.0. The zero-order valence-corrected chi connectivity index (χ0v) is 15.7. The number of fused-ring (bicyclic) bond motifs is 1. The van der Waals surface area contributed by atoms with Crippen molar-refractivity contribution in [1.82, 2.24) is 9.88 Å². The van der Waals surface area contributed by atoms with Crippen LogP contribution in [0.15, 0.2) is 53.3 Å². The van der Waals surface area contributed by atoms with Crippen molar-refractivity contribution in [3.05, 3.63) is 81.1 Å². The van der Waals surface area contributed by atoms with Gasteiger partial charge in [0.2, 0.25) is 0 Å². The number of amides is 1. The average Bonchev–Trinajstić information content (AvgIpc) is 2.59. The molecule has 26 heavy (non-hydrogen) atoms. The molecule has 0 saturated carbocycles. The van der Waals surface area contributed by atoms with Gasteiger partial charge in [0.05, 0.1) is 6.54 Å². The second-order valence-electron chi connectivity index (χ2n) is 7.11. The van der Waals surface area contributed by atoms with Crippen LogP contribution in [-0.4, -0.2) is 21.8 Å². The molecule has 0 aliphatic heterocycles. The Balaban J connectivity index is 1.98. The fourth-order valence-corrected chi connectivity index (χ4v) is 3.11. The molecule has 2 aromatic carbocycles. The van der Waals surface area contributed by atoms with E-state index < -0.39 is 0 Å². The van der Waals surface area contributed by atoms with Crippen LogP contribution >= 0.6 is 0 Å². The third-order valence-corrected chi connectivity index (χ3v) is 4.57. The predicted octanol–water partition coefficient (Wildman–Crippen LogP) is 4.20. The Morgan fingerprint density at radius 2 is 1.77 bits per heavy atom. The first-order valence-electron chi connectivity index (χ1n) is 8.85. The normalized spacial score (nSPS) is 11.1. The van der Waals surface area contributed by atoms with Gasteiger partial charge in [-0.25, -0.2) is 0 Å². The number of nitrogens with zero attached hydrogens (tertiary/aromatic N) is 1. The summed E-state index contributed by atoms with van der Waals surface area (Å²) in [6.45, 7) is 8.20.